The first kappa shape index (κ1) is 14.5. The van der Waals surface area contributed by atoms with Crippen LogP contribution in [0.25, 0.3) is 11.5 Å². The van der Waals surface area contributed by atoms with Crippen molar-refractivity contribution in [3.05, 3.63) is 65.0 Å². The van der Waals surface area contributed by atoms with E-state index < -0.39 is 11.6 Å². The van der Waals surface area contributed by atoms with E-state index in [-0.39, 0.29) is 6.54 Å². The number of nitrogens with zero attached hydrogens (tertiary/aromatic N) is 2. The molecular weight excluding hydrogens is 312 g/mol. The molecule has 0 bridgehead atoms. The summed E-state index contributed by atoms with van der Waals surface area (Å²) >= 11 is 6.05. The van der Waals surface area contributed by atoms with Gasteiger partial charge >= 0.3 is 0 Å². The average molecular weight is 322 g/mol. The molecule has 0 radical (unpaired) electrons. The first-order valence-corrected chi connectivity index (χ1v) is 6.77. The van der Waals surface area contributed by atoms with Gasteiger partial charge in [0.15, 0.2) is 11.6 Å². The minimum absolute atomic E-state index is 0.183. The van der Waals surface area contributed by atoms with E-state index in [1.54, 1.807) is 18.2 Å². The van der Waals surface area contributed by atoms with E-state index in [2.05, 4.69) is 15.5 Å². The monoisotopic (exact) mass is 321 g/mol. The molecule has 0 aliphatic carbocycles. The van der Waals surface area contributed by atoms with Crippen LogP contribution in [0.1, 0.15) is 5.89 Å². The molecule has 112 valence electrons. The maximum Gasteiger partial charge on any atom is 0.249 e. The standard InChI is InChI=1S/C15H10ClF2N3O/c16-11-4-2-1-3-10(11)15-21-20-14(22-15)8-19-9-5-6-12(17)13(18)7-9/h1-7,19H,8H2. The molecule has 3 aromatic rings. The van der Waals surface area contributed by atoms with Gasteiger partial charge in [0.1, 0.15) is 0 Å². The minimum Gasteiger partial charge on any atom is -0.419 e. The molecule has 0 unspecified atom stereocenters. The Balaban J connectivity index is 1.72. The lowest BCUT2D eigenvalue weighted by Gasteiger charge is -2.03. The van der Waals surface area contributed by atoms with E-state index in [0.29, 0.717) is 28.1 Å². The zero-order valence-electron chi connectivity index (χ0n) is 11.2. The van der Waals surface area contributed by atoms with Crippen molar-refractivity contribution in [2.45, 2.75) is 6.54 Å². The molecule has 7 heteroatoms. The Morgan fingerprint density at radius 2 is 1.86 bits per heavy atom. The average Bonchev–Trinajstić information content (AvgIpc) is 2.98. The van der Waals surface area contributed by atoms with Gasteiger partial charge in [0.2, 0.25) is 11.8 Å². The number of anilines is 1. The van der Waals surface area contributed by atoms with Gasteiger partial charge in [-0.3, -0.25) is 0 Å². The van der Waals surface area contributed by atoms with Crippen molar-refractivity contribution < 1.29 is 13.2 Å². The maximum atomic E-state index is 13.1. The molecule has 0 spiro atoms. The summed E-state index contributed by atoms with van der Waals surface area (Å²) < 4.78 is 31.4. The first-order chi connectivity index (χ1) is 10.6. The van der Waals surface area contributed by atoms with Gasteiger partial charge in [-0.05, 0) is 24.3 Å². The van der Waals surface area contributed by atoms with Gasteiger partial charge in [-0.25, -0.2) is 8.78 Å². The number of nitrogens with one attached hydrogen (secondary N) is 1. The summed E-state index contributed by atoms with van der Waals surface area (Å²) in [4.78, 5) is 0. The summed E-state index contributed by atoms with van der Waals surface area (Å²) in [5.41, 5.74) is 1.05. The summed E-state index contributed by atoms with van der Waals surface area (Å²) in [5.74, 6) is -1.22. The highest BCUT2D eigenvalue weighted by molar-refractivity contribution is 6.33. The molecule has 0 atom stereocenters. The number of aromatic nitrogens is 2. The normalized spacial score (nSPS) is 10.7. The highest BCUT2D eigenvalue weighted by atomic mass is 35.5. The molecule has 0 amide bonds. The highest BCUT2D eigenvalue weighted by Gasteiger charge is 2.11. The predicted octanol–water partition coefficient (Wildman–Crippen LogP) is 4.28. The second-order valence-electron chi connectivity index (χ2n) is 4.46. The molecule has 0 aliphatic heterocycles. The van der Waals surface area contributed by atoms with E-state index in [0.717, 1.165) is 12.1 Å². The number of halogens is 3. The second-order valence-corrected chi connectivity index (χ2v) is 4.87. The molecule has 3 rings (SSSR count). The Labute approximate surface area is 129 Å². The first-order valence-electron chi connectivity index (χ1n) is 6.39. The number of hydrogen-bond donors (Lipinski definition) is 1. The fourth-order valence-corrected chi connectivity index (χ4v) is 2.07. The van der Waals surface area contributed by atoms with Crippen LogP contribution in [0.4, 0.5) is 14.5 Å². The minimum atomic E-state index is -0.924. The lowest BCUT2D eigenvalue weighted by atomic mass is 10.2. The lowest BCUT2D eigenvalue weighted by Crippen LogP contribution is -2.00. The third kappa shape index (κ3) is 3.07. The van der Waals surface area contributed by atoms with Crippen LogP contribution in [0.15, 0.2) is 46.9 Å². The quantitative estimate of drug-likeness (QED) is 0.779. The second kappa shape index (κ2) is 6.11. The van der Waals surface area contributed by atoms with Gasteiger partial charge in [-0.15, -0.1) is 10.2 Å². The van der Waals surface area contributed by atoms with Crippen LogP contribution in [0.3, 0.4) is 0 Å². The number of rotatable bonds is 4. The Morgan fingerprint density at radius 1 is 1.05 bits per heavy atom. The molecule has 22 heavy (non-hydrogen) atoms. The van der Waals surface area contributed by atoms with Crippen molar-refractivity contribution in [1.29, 1.82) is 0 Å². The maximum absolute atomic E-state index is 13.1. The fourth-order valence-electron chi connectivity index (χ4n) is 1.85. The van der Waals surface area contributed by atoms with Gasteiger partial charge < -0.3 is 9.73 Å². The van der Waals surface area contributed by atoms with Crippen molar-refractivity contribution in [2.24, 2.45) is 0 Å². The van der Waals surface area contributed by atoms with Crippen molar-refractivity contribution in [1.82, 2.24) is 10.2 Å². The Hall–Kier alpha value is -2.47. The molecule has 0 fully saturated rings. The molecule has 1 N–H and O–H groups in total. The topological polar surface area (TPSA) is 51.0 Å². The molecule has 2 aromatic carbocycles. The molecule has 0 aliphatic rings. The van der Waals surface area contributed by atoms with E-state index in [9.17, 15) is 8.78 Å². The van der Waals surface area contributed by atoms with Crippen LogP contribution in [0.5, 0.6) is 0 Å². The van der Waals surface area contributed by atoms with Crippen LogP contribution < -0.4 is 5.32 Å². The van der Waals surface area contributed by atoms with Crippen LogP contribution in [-0.4, -0.2) is 10.2 Å². The van der Waals surface area contributed by atoms with E-state index >= 15 is 0 Å². The van der Waals surface area contributed by atoms with Crippen LogP contribution in [0.2, 0.25) is 5.02 Å². The smallest absolute Gasteiger partial charge is 0.249 e. The molecular formula is C15H10ClF2N3O. The summed E-state index contributed by atoms with van der Waals surface area (Å²) in [7, 11) is 0. The molecule has 0 saturated carbocycles. The largest absolute Gasteiger partial charge is 0.419 e. The van der Waals surface area contributed by atoms with E-state index in [1.807, 2.05) is 6.07 Å². The SMILES string of the molecule is Fc1ccc(NCc2nnc(-c3ccccc3Cl)o2)cc1F. The van der Waals surface area contributed by atoms with Crippen molar-refractivity contribution in [3.63, 3.8) is 0 Å². The van der Waals surface area contributed by atoms with Crippen LogP contribution in [-0.2, 0) is 6.54 Å². The highest BCUT2D eigenvalue weighted by Crippen LogP contribution is 2.26. The van der Waals surface area contributed by atoms with Crippen LogP contribution in [0, 0.1) is 11.6 Å². The summed E-state index contributed by atoms with van der Waals surface area (Å²) in [6.45, 7) is 0.183. The summed E-state index contributed by atoms with van der Waals surface area (Å²) in [6, 6.07) is 10.6. The van der Waals surface area contributed by atoms with Gasteiger partial charge in [0.25, 0.3) is 0 Å². The van der Waals surface area contributed by atoms with Gasteiger partial charge in [0.05, 0.1) is 17.1 Å². The Bertz CT molecular complexity index is 807. The fraction of sp³-hybridized carbons (Fsp3) is 0.0667. The van der Waals surface area contributed by atoms with E-state index in [4.69, 9.17) is 16.0 Å². The Morgan fingerprint density at radius 3 is 2.64 bits per heavy atom. The van der Waals surface area contributed by atoms with E-state index in [1.165, 1.54) is 6.07 Å². The molecule has 1 aromatic heterocycles. The zero-order chi connectivity index (χ0) is 15.5. The zero-order valence-corrected chi connectivity index (χ0v) is 11.9. The van der Waals surface area contributed by atoms with Crippen molar-refractivity contribution in [2.75, 3.05) is 5.32 Å². The molecule has 0 saturated heterocycles. The third-order valence-electron chi connectivity index (χ3n) is 2.93. The predicted molar refractivity (Wildman–Crippen MR) is 78.4 cm³/mol. The van der Waals surface area contributed by atoms with Gasteiger partial charge in [-0.1, -0.05) is 23.7 Å². The lowest BCUT2D eigenvalue weighted by molar-refractivity contribution is 0.507. The summed E-state index contributed by atoms with van der Waals surface area (Å²) in [6.07, 6.45) is 0. The molecule has 1 heterocycles. The summed E-state index contributed by atoms with van der Waals surface area (Å²) in [5, 5.41) is 11.2. The van der Waals surface area contributed by atoms with Crippen molar-refractivity contribution in [3.8, 4) is 11.5 Å². The third-order valence-corrected chi connectivity index (χ3v) is 3.26. The number of hydrogen-bond acceptors (Lipinski definition) is 4. The Kier molecular flexibility index (Phi) is 4.02. The van der Waals surface area contributed by atoms with Crippen molar-refractivity contribution >= 4 is 17.3 Å². The van der Waals surface area contributed by atoms with Crippen LogP contribution >= 0.6 is 11.6 Å². The molecule has 4 nitrogen and oxygen atoms in total. The number of benzene rings is 2. The van der Waals surface area contributed by atoms with Gasteiger partial charge in [0, 0.05) is 11.8 Å². The van der Waals surface area contributed by atoms with Gasteiger partial charge in [-0.2, -0.15) is 0 Å².